The molecule has 3 rings (SSSR count). The van der Waals surface area contributed by atoms with E-state index in [4.69, 9.17) is 9.47 Å². The van der Waals surface area contributed by atoms with Gasteiger partial charge in [0.05, 0.1) is 19.5 Å². The van der Waals surface area contributed by atoms with Crippen LogP contribution in [0.4, 0.5) is 0 Å². The number of aromatic nitrogens is 2. The van der Waals surface area contributed by atoms with Crippen LogP contribution in [0.1, 0.15) is 44.7 Å². The van der Waals surface area contributed by atoms with E-state index in [1.165, 1.54) is 11.1 Å². The molecule has 0 atom stereocenters. The average molecular weight is 328 g/mol. The minimum Gasteiger partial charge on any atom is -0.349 e. The average Bonchev–Trinajstić information content (AvgIpc) is 3.07. The highest BCUT2D eigenvalue weighted by Gasteiger charge is 2.34. The van der Waals surface area contributed by atoms with Crippen LogP contribution in [-0.4, -0.2) is 28.6 Å². The van der Waals surface area contributed by atoms with Crippen LogP contribution in [0.3, 0.4) is 0 Å². The molecule has 4 nitrogen and oxygen atoms in total. The Morgan fingerprint density at radius 1 is 1.12 bits per heavy atom. The summed E-state index contributed by atoms with van der Waals surface area (Å²) < 4.78 is 14.3. The number of ether oxygens (including phenoxy) is 2. The standard InChI is InChI=1S/C20H28N2O2/c1-19(2,3)18-7-5-17(6-8-18)15-20(23-13-4-14-24-20)9-11-22-12-10-21-16-22/h5-8,10,12,16H,4,9,11,13-15H2,1-3H3. The molecule has 0 N–H and O–H groups in total. The Morgan fingerprint density at radius 3 is 2.42 bits per heavy atom. The summed E-state index contributed by atoms with van der Waals surface area (Å²) in [5.74, 6) is -0.522. The SMILES string of the molecule is CC(C)(C)c1ccc(CC2(CCn3ccnc3)OCCCO2)cc1. The predicted molar refractivity (Wildman–Crippen MR) is 94.9 cm³/mol. The van der Waals surface area contributed by atoms with Crippen LogP contribution in [0.15, 0.2) is 43.0 Å². The maximum Gasteiger partial charge on any atom is 0.173 e. The molecule has 0 radical (unpaired) electrons. The van der Waals surface area contributed by atoms with E-state index in [1.54, 1.807) is 6.20 Å². The van der Waals surface area contributed by atoms with Gasteiger partial charge in [-0.25, -0.2) is 4.98 Å². The summed E-state index contributed by atoms with van der Waals surface area (Å²) in [7, 11) is 0. The van der Waals surface area contributed by atoms with Gasteiger partial charge in [0.2, 0.25) is 0 Å². The van der Waals surface area contributed by atoms with E-state index in [2.05, 4.69) is 54.6 Å². The van der Waals surface area contributed by atoms with E-state index in [1.807, 2.05) is 12.5 Å². The second-order valence-electron chi connectivity index (χ2n) is 7.64. The molecule has 1 fully saturated rings. The molecule has 2 aromatic rings. The fourth-order valence-corrected chi connectivity index (χ4v) is 3.10. The summed E-state index contributed by atoms with van der Waals surface area (Å²) in [6.45, 7) is 9.10. The maximum absolute atomic E-state index is 6.11. The molecule has 0 saturated carbocycles. The Balaban J connectivity index is 1.71. The van der Waals surface area contributed by atoms with Gasteiger partial charge in [0.25, 0.3) is 0 Å². The molecule has 1 aliphatic heterocycles. The third-order valence-electron chi connectivity index (χ3n) is 4.62. The van der Waals surface area contributed by atoms with Crippen molar-refractivity contribution in [1.29, 1.82) is 0 Å². The van der Waals surface area contributed by atoms with Crippen molar-refractivity contribution in [3.63, 3.8) is 0 Å². The van der Waals surface area contributed by atoms with E-state index in [9.17, 15) is 0 Å². The van der Waals surface area contributed by atoms with E-state index < -0.39 is 5.79 Å². The van der Waals surface area contributed by atoms with E-state index in [0.717, 1.165) is 39.0 Å². The van der Waals surface area contributed by atoms with Crippen LogP contribution >= 0.6 is 0 Å². The molecule has 0 spiro atoms. The topological polar surface area (TPSA) is 36.3 Å². The fraction of sp³-hybridized carbons (Fsp3) is 0.550. The molecule has 0 unspecified atom stereocenters. The molecule has 4 heteroatoms. The lowest BCUT2D eigenvalue weighted by atomic mass is 9.86. The van der Waals surface area contributed by atoms with Gasteiger partial charge in [0, 0.05) is 31.8 Å². The molecule has 1 aromatic heterocycles. The number of hydrogen-bond acceptors (Lipinski definition) is 3. The van der Waals surface area contributed by atoms with Crippen molar-refractivity contribution in [2.75, 3.05) is 13.2 Å². The summed E-state index contributed by atoms with van der Waals surface area (Å²) >= 11 is 0. The first kappa shape index (κ1) is 17.2. The minimum atomic E-state index is -0.522. The third kappa shape index (κ3) is 4.25. The number of aryl methyl sites for hydroxylation is 1. The zero-order valence-electron chi connectivity index (χ0n) is 15.0. The number of imidazole rings is 1. The molecular weight excluding hydrogens is 300 g/mol. The van der Waals surface area contributed by atoms with Gasteiger partial charge in [-0.3, -0.25) is 0 Å². The number of benzene rings is 1. The first-order chi connectivity index (χ1) is 11.5. The van der Waals surface area contributed by atoms with Gasteiger partial charge in [-0.1, -0.05) is 45.0 Å². The van der Waals surface area contributed by atoms with E-state index in [0.29, 0.717) is 0 Å². The van der Waals surface area contributed by atoms with Gasteiger partial charge in [-0.05, 0) is 23.0 Å². The van der Waals surface area contributed by atoms with Gasteiger partial charge in [-0.2, -0.15) is 0 Å². The highest BCUT2D eigenvalue weighted by atomic mass is 16.7. The first-order valence-electron chi connectivity index (χ1n) is 8.80. The molecule has 2 heterocycles. The maximum atomic E-state index is 6.11. The van der Waals surface area contributed by atoms with Gasteiger partial charge < -0.3 is 14.0 Å². The Labute approximate surface area is 144 Å². The Bertz CT molecular complexity index is 621. The number of hydrogen-bond donors (Lipinski definition) is 0. The normalized spacial score (nSPS) is 17.8. The Hall–Kier alpha value is -1.65. The van der Waals surface area contributed by atoms with Crippen molar-refractivity contribution < 1.29 is 9.47 Å². The van der Waals surface area contributed by atoms with Crippen LogP contribution < -0.4 is 0 Å². The molecule has 1 aromatic carbocycles. The van der Waals surface area contributed by atoms with Crippen LogP contribution in [0.2, 0.25) is 0 Å². The van der Waals surface area contributed by atoms with Gasteiger partial charge in [0.1, 0.15) is 0 Å². The van der Waals surface area contributed by atoms with E-state index >= 15 is 0 Å². The molecule has 0 bridgehead atoms. The second kappa shape index (κ2) is 7.08. The Kier molecular flexibility index (Phi) is 5.07. The lowest BCUT2D eigenvalue weighted by Gasteiger charge is -2.37. The van der Waals surface area contributed by atoms with Crippen LogP contribution in [0, 0.1) is 0 Å². The predicted octanol–water partition coefficient (Wildman–Crippen LogP) is 3.95. The summed E-state index contributed by atoms with van der Waals surface area (Å²) in [6, 6.07) is 8.87. The van der Waals surface area contributed by atoms with Crippen LogP contribution in [0.25, 0.3) is 0 Å². The van der Waals surface area contributed by atoms with Crippen LogP contribution in [0.5, 0.6) is 0 Å². The van der Waals surface area contributed by atoms with Crippen molar-refractivity contribution in [2.24, 2.45) is 0 Å². The Morgan fingerprint density at radius 2 is 1.83 bits per heavy atom. The summed E-state index contributed by atoms with van der Waals surface area (Å²) in [5.41, 5.74) is 2.79. The van der Waals surface area contributed by atoms with E-state index in [-0.39, 0.29) is 5.41 Å². The zero-order valence-corrected chi connectivity index (χ0v) is 15.0. The highest BCUT2D eigenvalue weighted by molar-refractivity contribution is 5.28. The van der Waals surface area contributed by atoms with Crippen molar-refractivity contribution >= 4 is 0 Å². The lowest BCUT2D eigenvalue weighted by Crippen LogP contribution is -2.43. The van der Waals surface area contributed by atoms with Crippen molar-refractivity contribution in [3.8, 4) is 0 Å². The molecule has 1 aliphatic rings. The van der Waals surface area contributed by atoms with Gasteiger partial charge >= 0.3 is 0 Å². The summed E-state index contributed by atoms with van der Waals surface area (Å²) in [6.07, 6.45) is 8.20. The third-order valence-corrected chi connectivity index (χ3v) is 4.62. The highest BCUT2D eigenvalue weighted by Crippen LogP contribution is 2.29. The zero-order chi connectivity index (χ0) is 17.0. The lowest BCUT2D eigenvalue weighted by molar-refractivity contribution is -0.270. The van der Waals surface area contributed by atoms with Gasteiger partial charge in [0.15, 0.2) is 5.79 Å². The van der Waals surface area contributed by atoms with Crippen molar-refractivity contribution in [1.82, 2.24) is 9.55 Å². The first-order valence-corrected chi connectivity index (χ1v) is 8.80. The largest absolute Gasteiger partial charge is 0.349 e. The van der Waals surface area contributed by atoms with Gasteiger partial charge in [-0.15, -0.1) is 0 Å². The smallest absolute Gasteiger partial charge is 0.173 e. The number of rotatable bonds is 5. The molecule has 24 heavy (non-hydrogen) atoms. The molecule has 0 amide bonds. The quantitative estimate of drug-likeness (QED) is 0.834. The van der Waals surface area contributed by atoms with Crippen molar-refractivity contribution in [3.05, 3.63) is 54.1 Å². The number of nitrogens with zero attached hydrogens (tertiary/aromatic N) is 2. The summed E-state index contributed by atoms with van der Waals surface area (Å²) in [4.78, 5) is 4.11. The second-order valence-corrected chi connectivity index (χ2v) is 7.64. The summed E-state index contributed by atoms with van der Waals surface area (Å²) in [5, 5.41) is 0. The molecule has 0 aliphatic carbocycles. The molecule has 130 valence electrons. The minimum absolute atomic E-state index is 0.176. The van der Waals surface area contributed by atoms with Crippen molar-refractivity contribution in [2.45, 2.75) is 57.8 Å². The molecule has 1 saturated heterocycles. The van der Waals surface area contributed by atoms with Crippen LogP contribution in [-0.2, 0) is 27.9 Å². The monoisotopic (exact) mass is 328 g/mol. The molecular formula is C20H28N2O2. The fourth-order valence-electron chi connectivity index (χ4n) is 3.10.